The lowest BCUT2D eigenvalue weighted by molar-refractivity contribution is -0.126. The number of carbonyl (C=O) groups excluding carboxylic acids is 2. The molecule has 1 saturated heterocycles. The van der Waals surface area contributed by atoms with Gasteiger partial charge in [-0.3, -0.25) is 9.59 Å². The maximum Gasteiger partial charge on any atom is 0.270 e. The number of hydrogen-bond donors (Lipinski definition) is 2. The van der Waals surface area contributed by atoms with E-state index in [2.05, 4.69) is 10.3 Å². The molecule has 2 N–H and O–H groups in total. The molecule has 122 valence electrons. The first-order chi connectivity index (χ1) is 10.5. The summed E-state index contributed by atoms with van der Waals surface area (Å²) in [4.78, 5) is 29.6. The van der Waals surface area contributed by atoms with Gasteiger partial charge in [-0.15, -0.1) is 0 Å². The van der Waals surface area contributed by atoms with Crippen molar-refractivity contribution >= 4 is 11.8 Å². The monoisotopic (exact) mass is 307 g/mol. The van der Waals surface area contributed by atoms with Crippen LogP contribution in [0.1, 0.15) is 34.6 Å². The molecule has 0 spiro atoms. The smallest absolute Gasteiger partial charge is 0.270 e. The predicted octanol–water partition coefficient (Wildman–Crippen LogP) is 1.25. The van der Waals surface area contributed by atoms with E-state index in [1.807, 2.05) is 19.9 Å². The summed E-state index contributed by atoms with van der Waals surface area (Å²) in [5, 5.41) is 2.86. The minimum atomic E-state index is -0.133. The Morgan fingerprint density at radius 3 is 2.86 bits per heavy atom. The van der Waals surface area contributed by atoms with Crippen LogP contribution in [0, 0.1) is 19.8 Å². The van der Waals surface area contributed by atoms with E-state index < -0.39 is 0 Å². The molecule has 0 radical (unpaired) electrons. The van der Waals surface area contributed by atoms with E-state index >= 15 is 0 Å². The Bertz CT molecular complexity index is 539. The van der Waals surface area contributed by atoms with E-state index in [-0.39, 0.29) is 17.7 Å². The zero-order chi connectivity index (χ0) is 16.1. The maximum absolute atomic E-state index is 12.6. The lowest BCUT2D eigenvalue weighted by Crippen LogP contribution is -2.46. The normalized spacial score (nSPS) is 18.3. The SMILES string of the molecule is COCCNC(=O)C1CCCN(C(=O)c2[nH]c(C)cc2C)C1. The number of H-pyrrole nitrogens is 1. The van der Waals surface area contributed by atoms with Crippen LogP contribution in [-0.4, -0.2) is 55.0 Å². The molecular formula is C16H25N3O3. The summed E-state index contributed by atoms with van der Waals surface area (Å²) < 4.78 is 4.93. The highest BCUT2D eigenvalue weighted by Crippen LogP contribution is 2.20. The van der Waals surface area contributed by atoms with E-state index in [0.29, 0.717) is 31.9 Å². The Morgan fingerprint density at radius 2 is 2.23 bits per heavy atom. The van der Waals surface area contributed by atoms with Crippen molar-refractivity contribution in [1.82, 2.24) is 15.2 Å². The van der Waals surface area contributed by atoms with Crippen LogP contribution < -0.4 is 5.32 Å². The Morgan fingerprint density at radius 1 is 1.45 bits per heavy atom. The minimum Gasteiger partial charge on any atom is -0.383 e. The van der Waals surface area contributed by atoms with Crippen molar-refractivity contribution in [3.63, 3.8) is 0 Å². The lowest BCUT2D eigenvalue weighted by atomic mass is 9.96. The van der Waals surface area contributed by atoms with Gasteiger partial charge in [0, 0.05) is 32.4 Å². The number of ether oxygens (including phenoxy) is 1. The molecule has 0 aliphatic carbocycles. The number of nitrogens with one attached hydrogen (secondary N) is 2. The summed E-state index contributed by atoms with van der Waals surface area (Å²) in [6.45, 7) is 6.06. The number of rotatable bonds is 5. The molecule has 0 saturated carbocycles. The van der Waals surface area contributed by atoms with Crippen molar-refractivity contribution in [2.45, 2.75) is 26.7 Å². The first-order valence-corrected chi connectivity index (χ1v) is 7.75. The van der Waals surface area contributed by atoms with Crippen LogP contribution in [0.25, 0.3) is 0 Å². The van der Waals surface area contributed by atoms with Gasteiger partial charge in [-0.25, -0.2) is 0 Å². The summed E-state index contributed by atoms with van der Waals surface area (Å²) in [7, 11) is 1.61. The molecule has 2 rings (SSSR count). The maximum atomic E-state index is 12.6. The molecular weight excluding hydrogens is 282 g/mol. The number of aromatic amines is 1. The number of piperidine rings is 1. The molecule has 0 bridgehead atoms. The summed E-state index contributed by atoms with van der Waals surface area (Å²) in [6.07, 6.45) is 1.68. The van der Waals surface area contributed by atoms with Crippen LogP contribution in [0.2, 0.25) is 0 Å². The van der Waals surface area contributed by atoms with E-state index in [0.717, 1.165) is 24.1 Å². The highest BCUT2D eigenvalue weighted by Gasteiger charge is 2.29. The van der Waals surface area contributed by atoms with E-state index in [1.165, 1.54) is 0 Å². The van der Waals surface area contributed by atoms with Gasteiger partial charge < -0.3 is 19.9 Å². The summed E-state index contributed by atoms with van der Waals surface area (Å²) in [5.41, 5.74) is 2.57. The topological polar surface area (TPSA) is 74.4 Å². The average Bonchev–Trinajstić information content (AvgIpc) is 2.85. The highest BCUT2D eigenvalue weighted by molar-refractivity contribution is 5.94. The first-order valence-electron chi connectivity index (χ1n) is 7.75. The van der Waals surface area contributed by atoms with Crippen LogP contribution >= 0.6 is 0 Å². The third-order valence-corrected chi connectivity index (χ3v) is 4.05. The molecule has 1 aromatic rings. The number of nitrogens with zero attached hydrogens (tertiary/aromatic N) is 1. The van der Waals surface area contributed by atoms with Crippen molar-refractivity contribution < 1.29 is 14.3 Å². The summed E-state index contributed by atoms with van der Waals surface area (Å²) in [6, 6.07) is 1.96. The number of likely N-dealkylation sites (tertiary alicyclic amines) is 1. The zero-order valence-electron chi connectivity index (χ0n) is 13.6. The number of hydrogen-bond acceptors (Lipinski definition) is 3. The van der Waals surface area contributed by atoms with Gasteiger partial charge in [-0.05, 0) is 38.3 Å². The molecule has 2 heterocycles. The third kappa shape index (κ3) is 3.88. The van der Waals surface area contributed by atoms with Crippen LogP contribution in [-0.2, 0) is 9.53 Å². The van der Waals surface area contributed by atoms with Gasteiger partial charge >= 0.3 is 0 Å². The molecule has 1 atom stereocenters. The fourth-order valence-corrected chi connectivity index (χ4v) is 2.91. The second-order valence-electron chi connectivity index (χ2n) is 5.88. The van der Waals surface area contributed by atoms with Crippen LogP contribution in [0.5, 0.6) is 0 Å². The van der Waals surface area contributed by atoms with Gasteiger partial charge in [-0.1, -0.05) is 0 Å². The minimum absolute atomic E-state index is 0.00828. The average molecular weight is 307 g/mol. The summed E-state index contributed by atoms with van der Waals surface area (Å²) >= 11 is 0. The first kappa shape index (κ1) is 16.5. The fraction of sp³-hybridized carbons (Fsp3) is 0.625. The molecule has 6 heteroatoms. The van der Waals surface area contributed by atoms with Gasteiger partial charge in [-0.2, -0.15) is 0 Å². The molecule has 0 aromatic carbocycles. The molecule has 6 nitrogen and oxygen atoms in total. The molecule has 1 aliphatic heterocycles. The molecule has 1 aliphatic rings. The second-order valence-corrected chi connectivity index (χ2v) is 5.88. The third-order valence-electron chi connectivity index (χ3n) is 4.05. The van der Waals surface area contributed by atoms with Crippen molar-refractivity contribution in [3.05, 3.63) is 23.0 Å². The van der Waals surface area contributed by atoms with Gasteiger partial charge in [0.15, 0.2) is 0 Å². The molecule has 2 amide bonds. The van der Waals surface area contributed by atoms with E-state index in [4.69, 9.17) is 4.74 Å². The predicted molar refractivity (Wildman–Crippen MR) is 83.8 cm³/mol. The number of aryl methyl sites for hydroxylation is 2. The zero-order valence-corrected chi connectivity index (χ0v) is 13.6. The Kier molecular flexibility index (Phi) is 5.60. The van der Waals surface area contributed by atoms with Crippen LogP contribution in [0.4, 0.5) is 0 Å². The largest absolute Gasteiger partial charge is 0.383 e. The number of amides is 2. The van der Waals surface area contributed by atoms with Crippen molar-refractivity contribution in [2.24, 2.45) is 5.92 Å². The quantitative estimate of drug-likeness (QED) is 0.804. The lowest BCUT2D eigenvalue weighted by Gasteiger charge is -2.32. The molecule has 1 unspecified atom stereocenters. The highest BCUT2D eigenvalue weighted by atomic mass is 16.5. The van der Waals surface area contributed by atoms with Crippen molar-refractivity contribution in [3.8, 4) is 0 Å². The number of aromatic nitrogens is 1. The Balaban J connectivity index is 1.96. The standard InChI is InChI=1S/C16H25N3O3/c1-11-9-12(2)18-14(11)16(21)19-7-4-5-13(10-19)15(20)17-6-8-22-3/h9,13,18H,4-8,10H2,1-3H3,(H,17,20). The van der Waals surface area contributed by atoms with E-state index in [1.54, 1.807) is 12.0 Å². The fourth-order valence-electron chi connectivity index (χ4n) is 2.91. The molecule has 22 heavy (non-hydrogen) atoms. The number of carbonyl (C=O) groups is 2. The number of methoxy groups -OCH3 is 1. The second kappa shape index (κ2) is 7.45. The molecule has 1 fully saturated rings. The molecule has 1 aromatic heterocycles. The van der Waals surface area contributed by atoms with Gasteiger partial charge in [0.2, 0.25) is 5.91 Å². The van der Waals surface area contributed by atoms with Gasteiger partial charge in [0.05, 0.1) is 12.5 Å². The van der Waals surface area contributed by atoms with Crippen LogP contribution in [0.3, 0.4) is 0 Å². The van der Waals surface area contributed by atoms with Crippen LogP contribution in [0.15, 0.2) is 6.07 Å². The van der Waals surface area contributed by atoms with Crippen molar-refractivity contribution in [1.29, 1.82) is 0 Å². The van der Waals surface area contributed by atoms with Gasteiger partial charge in [0.1, 0.15) is 5.69 Å². The Hall–Kier alpha value is -1.82. The summed E-state index contributed by atoms with van der Waals surface area (Å²) in [5.74, 6) is -0.139. The van der Waals surface area contributed by atoms with E-state index in [9.17, 15) is 9.59 Å². The van der Waals surface area contributed by atoms with Gasteiger partial charge in [0.25, 0.3) is 5.91 Å². The Labute approximate surface area is 131 Å². The van der Waals surface area contributed by atoms with Crippen molar-refractivity contribution in [2.75, 3.05) is 33.4 Å².